The molecule has 4 aromatic rings. The predicted molar refractivity (Wildman–Crippen MR) is 147 cm³/mol. The number of benzene rings is 3. The predicted octanol–water partition coefficient (Wildman–Crippen LogP) is 3.40. The molecule has 3 aromatic carbocycles. The zero-order valence-electron chi connectivity index (χ0n) is 20.9. The zero-order chi connectivity index (χ0) is 27.4. The fraction of sp³-hybridized carbons (Fsp3) is 0.133. The molecule has 0 saturated heterocycles. The van der Waals surface area contributed by atoms with Crippen molar-refractivity contribution in [3.05, 3.63) is 127 Å². The van der Waals surface area contributed by atoms with Crippen LogP contribution in [0.4, 0.5) is 0 Å². The SMILES string of the molecule is CCOC(=O)C1=C(c2ccccc2)N=c2sc(=Cc3cccc(OCC(=O)O)c3)c(=O)n2C1c1ccccc1. The lowest BCUT2D eigenvalue weighted by Gasteiger charge is -2.25. The topological polar surface area (TPSA) is 107 Å². The van der Waals surface area contributed by atoms with E-state index in [-0.39, 0.29) is 17.7 Å². The van der Waals surface area contributed by atoms with E-state index in [1.54, 1.807) is 37.3 Å². The molecule has 8 nitrogen and oxygen atoms in total. The van der Waals surface area contributed by atoms with Crippen molar-refractivity contribution in [2.75, 3.05) is 13.2 Å². The third kappa shape index (κ3) is 5.44. The van der Waals surface area contributed by atoms with E-state index in [4.69, 9.17) is 19.6 Å². The maximum atomic E-state index is 13.9. The molecule has 2 heterocycles. The lowest BCUT2D eigenvalue weighted by Crippen LogP contribution is -2.39. The van der Waals surface area contributed by atoms with Gasteiger partial charge in [0, 0.05) is 5.56 Å². The van der Waals surface area contributed by atoms with Crippen molar-refractivity contribution >= 4 is 35.0 Å². The minimum atomic E-state index is -1.08. The Balaban J connectivity index is 1.73. The highest BCUT2D eigenvalue weighted by atomic mass is 32.1. The number of rotatable bonds is 8. The van der Waals surface area contributed by atoms with Crippen LogP contribution in [0.1, 0.15) is 29.7 Å². The Labute approximate surface area is 227 Å². The maximum Gasteiger partial charge on any atom is 0.341 e. The number of aromatic nitrogens is 1. The van der Waals surface area contributed by atoms with E-state index in [1.165, 1.54) is 15.9 Å². The summed E-state index contributed by atoms with van der Waals surface area (Å²) in [6.07, 6.45) is 1.70. The van der Waals surface area contributed by atoms with Crippen LogP contribution < -0.4 is 19.6 Å². The summed E-state index contributed by atoms with van der Waals surface area (Å²) in [6.45, 7) is 1.44. The fourth-order valence-electron chi connectivity index (χ4n) is 4.38. The molecule has 0 spiro atoms. The van der Waals surface area contributed by atoms with Gasteiger partial charge in [-0.2, -0.15) is 0 Å². The van der Waals surface area contributed by atoms with E-state index in [1.807, 2.05) is 60.7 Å². The van der Waals surface area contributed by atoms with E-state index < -0.39 is 24.6 Å². The van der Waals surface area contributed by atoms with Crippen molar-refractivity contribution in [2.45, 2.75) is 13.0 Å². The van der Waals surface area contributed by atoms with Crippen LogP contribution in [0.3, 0.4) is 0 Å². The molecular weight excluding hydrogens is 516 g/mol. The van der Waals surface area contributed by atoms with Crippen LogP contribution in [0, 0.1) is 0 Å². The van der Waals surface area contributed by atoms with E-state index in [0.717, 1.165) is 11.1 Å². The molecule has 5 rings (SSSR count). The number of aliphatic carboxylic acids is 1. The Kier molecular flexibility index (Phi) is 7.51. The standard InChI is InChI=1S/C30H24N2O6S/c1-2-37-29(36)25-26(20-11-5-3-6-12-20)31-30-32(27(25)21-13-7-4-8-14-21)28(35)23(39-30)17-19-10-9-15-22(16-19)38-18-24(33)34/h3-17,27H,2,18H2,1H3,(H,33,34). The van der Waals surface area contributed by atoms with Crippen molar-refractivity contribution in [2.24, 2.45) is 4.99 Å². The summed E-state index contributed by atoms with van der Waals surface area (Å²) in [4.78, 5) is 43.4. The minimum Gasteiger partial charge on any atom is -0.482 e. The maximum absolute atomic E-state index is 13.9. The molecule has 0 amide bonds. The molecule has 0 aliphatic carbocycles. The van der Waals surface area contributed by atoms with Crippen molar-refractivity contribution in [3.8, 4) is 5.75 Å². The van der Waals surface area contributed by atoms with Crippen molar-refractivity contribution in [1.82, 2.24) is 4.57 Å². The van der Waals surface area contributed by atoms with Crippen LogP contribution >= 0.6 is 11.3 Å². The van der Waals surface area contributed by atoms with E-state index in [0.29, 0.717) is 26.3 Å². The summed E-state index contributed by atoms with van der Waals surface area (Å²) in [5.74, 6) is -1.25. The highest BCUT2D eigenvalue weighted by Crippen LogP contribution is 2.35. The molecule has 39 heavy (non-hydrogen) atoms. The van der Waals surface area contributed by atoms with Gasteiger partial charge in [0.1, 0.15) is 5.75 Å². The third-order valence-electron chi connectivity index (χ3n) is 6.01. The Morgan fingerprint density at radius 3 is 2.44 bits per heavy atom. The number of fused-ring (bicyclic) bond motifs is 1. The monoisotopic (exact) mass is 540 g/mol. The number of ether oxygens (including phenoxy) is 2. The molecule has 0 radical (unpaired) electrons. The fourth-order valence-corrected chi connectivity index (χ4v) is 5.38. The van der Waals surface area contributed by atoms with Gasteiger partial charge >= 0.3 is 11.9 Å². The Morgan fingerprint density at radius 2 is 1.74 bits per heavy atom. The lowest BCUT2D eigenvalue weighted by atomic mass is 9.93. The summed E-state index contributed by atoms with van der Waals surface area (Å²) in [7, 11) is 0. The van der Waals surface area contributed by atoms with Gasteiger partial charge in [-0.05, 0) is 36.3 Å². The van der Waals surface area contributed by atoms with Crippen LogP contribution in [0.2, 0.25) is 0 Å². The zero-order valence-corrected chi connectivity index (χ0v) is 21.8. The number of thiazole rings is 1. The first-order valence-electron chi connectivity index (χ1n) is 12.2. The van der Waals surface area contributed by atoms with Gasteiger partial charge in [0.2, 0.25) is 0 Å². The van der Waals surface area contributed by atoms with Crippen LogP contribution in [0.5, 0.6) is 5.75 Å². The largest absolute Gasteiger partial charge is 0.482 e. The van der Waals surface area contributed by atoms with Crippen LogP contribution in [-0.4, -0.2) is 34.8 Å². The van der Waals surface area contributed by atoms with E-state index >= 15 is 0 Å². The van der Waals surface area contributed by atoms with E-state index in [2.05, 4.69) is 0 Å². The summed E-state index contributed by atoms with van der Waals surface area (Å²) in [5.41, 5.74) is 2.59. The molecule has 1 aromatic heterocycles. The second-order valence-electron chi connectivity index (χ2n) is 8.60. The molecular formula is C30H24N2O6S. The molecule has 1 atom stereocenters. The van der Waals surface area contributed by atoms with Gasteiger partial charge in [0.25, 0.3) is 5.56 Å². The van der Waals surface area contributed by atoms with Crippen molar-refractivity contribution in [3.63, 3.8) is 0 Å². The first-order chi connectivity index (χ1) is 19.0. The van der Waals surface area contributed by atoms with Crippen molar-refractivity contribution in [1.29, 1.82) is 0 Å². The van der Waals surface area contributed by atoms with Crippen LogP contribution in [0.15, 0.2) is 100 Å². The van der Waals surface area contributed by atoms with Gasteiger partial charge in [-0.25, -0.2) is 14.6 Å². The number of hydrogen-bond acceptors (Lipinski definition) is 7. The molecule has 196 valence electrons. The Bertz CT molecular complexity index is 1740. The Hall–Kier alpha value is -4.76. The van der Waals surface area contributed by atoms with Crippen molar-refractivity contribution < 1.29 is 24.2 Å². The smallest absolute Gasteiger partial charge is 0.341 e. The molecule has 0 fully saturated rings. The van der Waals surface area contributed by atoms with Gasteiger partial charge in [-0.3, -0.25) is 9.36 Å². The second kappa shape index (κ2) is 11.3. The number of carbonyl (C=O) groups excluding carboxylic acids is 1. The molecule has 1 aliphatic heterocycles. The molecule has 1 N–H and O–H groups in total. The molecule has 1 unspecified atom stereocenters. The second-order valence-corrected chi connectivity index (χ2v) is 9.61. The first kappa shape index (κ1) is 25.9. The average Bonchev–Trinajstić information content (AvgIpc) is 3.26. The Morgan fingerprint density at radius 1 is 1.03 bits per heavy atom. The van der Waals surface area contributed by atoms with Gasteiger partial charge in [-0.15, -0.1) is 0 Å². The third-order valence-corrected chi connectivity index (χ3v) is 6.99. The summed E-state index contributed by atoms with van der Waals surface area (Å²) < 4.78 is 12.7. The summed E-state index contributed by atoms with van der Waals surface area (Å²) in [6, 6.07) is 24.8. The number of hydrogen-bond donors (Lipinski definition) is 1. The average molecular weight is 541 g/mol. The van der Waals surface area contributed by atoms with Gasteiger partial charge in [-0.1, -0.05) is 84.1 Å². The molecule has 9 heteroatoms. The normalized spacial score (nSPS) is 14.9. The number of nitrogens with zero attached hydrogens (tertiary/aromatic N) is 2. The van der Waals surface area contributed by atoms with Gasteiger partial charge < -0.3 is 14.6 Å². The molecule has 0 saturated carbocycles. The number of carbonyl (C=O) groups is 2. The number of esters is 1. The highest BCUT2D eigenvalue weighted by molar-refractivity contribution is 7.07. The van der Waals surface area contributed by atoms with E-state index in [9.17, 15) is 14.4 Å². The lowest BCUT2D eigenvalue weighted by molar-refractivity contribution is -0.140. The summed E-state index contributed by atoms with van der Waals surface area (Å²) in [5, 5.41) is 8.90. The highest BCUT2D eigenvalue weighted by Gasteiger charge is 2.35. The minimum absolute atomic E-state index is 0.177. The van der Waals surface area contributed by atoms with Crippen LogP contribution in [-0.2, 0) is 14.3 Å². The van der Waals surface area contributed by atoms with Crippen LogP contribution in [0.25, 0.3) is 11.8 Å². The quantitative estimate of drug-likeness (QED) is 0.344. The van der Waals surface area contributed by atoms with Gasteiger partial charge in [0.05, 0.1) is 28.5 Å². The summed E-state index contributed by atoms with van der Waals surface area (Å²) >= 11 is 1.21. The van der Waals surface area contributed by atoms with Gasteiger partial charge in [0.15, 0.2) is 11.4 Å². The molecule has 1 aliphatic rings. The molecule has 0 bridgehead atoms. The number of carboxylic acids is 1. The first-order valence-corrected chi connectivity index (χ1v) is 13.1. The number of carboxylic acid groups (broad SMARTS) is 1.